The van der Waals surface area contributed by atoms with Gasteiger partial charge in [0.15, 0.2) is 0 Å². The third kappa shape index (κ3) is 4.38. The molecule has 1 aliphatic heterocycles. The second kappa shape index (κ2) is 8.37. The molecular weight excluding hydrogens is 341 g/mol. The lowest BCUT2D eigenvalue weighted by molar-refractivity contribution is -0.0317. The van der Waals surface area contributed by atoms with Crippen LogP contribution in [0.15, 0.2) is 67.0 Å². The zero-order chi connectivity index (χ0) is 18.5. The summed E-state index contributed by atoms with van der Waals surface area (Å²) in [5.74, 6) is -0.294. The zero-order valence-electron chi connectivity index (χ0n) is 15.1. The van der Waals surface area contributed by atoms with E-state index in [2.05, 4.69) is 39.1 Å². The Labute approximate surface area is 158 Å². The van der Waals surface area contributed by atoms with Gasteiger partial charge >= 0.3 is 0 Å². The summed E-state index contributed by atoms with van der Waals surface area (Å²) in [6.45, 7) is 3.31. The first kappa shape index (κ1) is 17.8. The van der Waals surface area contributed by atoms with E-state index in [9.17, 15) is 4.39 Å². The first-order valence-corrected chi connectivity index (χ1v) is 9.24. The number of morpholine rings is 1. The molecule has 0 radical (unpaired) electrons. The van der Waals surface area contributed by atoms with Crippen LogP contribution in [0.4, 0.5) is 4.39 Å². The summed E-state index contributed by atoms with van der Waals surface area (Å²) in [7, 11) is 0. The van der Waals surface area contributed by atoms with Gasteiger partial charge in [0, 0.05) is 25.2 Å². The summed E-state index contributed by atoms with van der Waals surface area (Å²) in [6.07, 6.45) is 4.18. The van der Waals surface area contributed by atoms with Crippen LogP contribution in [0.1, 0.15) is 17.4 Å². The maximum atomic E-state index is 14.1. The minimum absolute atomic E-state index is 0.145. The summed E-state index contributed by atoms with van der Waals surface area (Å²) >= 11 is 0. The molecule has 27 heavy (non-hydrogen) atoms. The highest BCUT2D eigenvalue weighted by Gasteiger charge is 2.23. The molecule has 0 aliphatic carbocycles. The Hall–Kier alpha value is -2.63. The molecule has 0 bridgehead atoms. The van der Waals surface area contributed by atoms with Gasteiger partial charge in [-0.1, -0.05) is 42.5 Å². The van der Waals surface area contributed by atoms with E-state index in [1.165, 1.54) is 11.6 Å². The molecule has 4 rings (SSSR count). The summed E-state index contributed by atoms with van der Waals surface area (Å²) < 4.78 is 20.0. The van der Waals surface area contributed by atoms with Crippen molar-refractivity contribution in [1.82, 2.24) is 14.9 Å². The third-order valence-electron chi connectivity index (χ3n) is 4.84. The van der Waals surface area contributed by atoms with Crippen LogP contribution < -0.4 is 0 Å². The molecule has 1 fully saturated rings. The van der Waals surface area contributed by atoms with Crippen molar-refractivity contribution in [3.63, 3.8) is 0 Å². The molecule has 0 saturated carbocycles. The number of benzene rings is 2. The van der Waals surface area contributed by atoms with Gasteiger partial charge in [-0.15, -0.1) is 0 Å². The maximum Gasteiger partial charge on any atom is 0.132 e. The second-order valence-electron chi connectivity index (χ2n) is 6.70. The van der Waals surface area contributed by atoms with Crippen molar-refractivity contribution in [2.75, 3.05) is 26.2 Å². The lowest BCUT2D eigenvalue weighted by Gasteiger charge is -2.32. The standard InChI is InChI=1S/C22H22FN3O/c23-19-9-5-4-8-18(19)20-14-24-15-21(25-20)22-16-26(12-13-27-22)11-10-17-6-2-1-3-7-17/h1-9,14-15,22H,10-13,16H2. The number of hydrogen-bond donors (Lipinski definition) is 0. The Morgan fingerprint density at radius 2 is 1.85 bits per heavy atom. The van der Waals surface area contributed by atoms with Crippen LogP contribution in [0.25, 0.3) is 11.3 Å². The molecule has 1 saturated heterocycles. The molecular formula is C22H22FN3O. The van der Waals surface area contributed by atoms with Gasteiger partial charge in [-0.25, -0.2) is 9.37 Å². The van der Waals surface area contributed by atoms with E-state index >= 15 is 0 Å². The van der Waals surface area contributed by atoms with Crippen molar-refractivity contribution in [2.24, 2.45) is 0 Å². The smallest absolute Gasteiger partial charge is 0.132 e. The number of aromatic nitrogens is 2. The van der Waals surface area contributed by atoms with Crippen LogP contribution in [0, 0.1) is 5.82 Å². The first-order valence-electron chi connectivity index (χ1n) is 9.24. The Balaban J connectivity index is 1.45. The molecule has 138 valence electrons. The van der Waals surface area contributed by atoms with E-state index in [0.29, 0.717) is 17.9 Å². The highest BCUT2D eigenvalue weighted by Crippen LogP contribution is 2.24. The predicted molar refractivity (Wildman–Crippen MR) is 103 cm³/mol. The van der Waals surface area contributed by atoms with Crippen molar-refractivity contribution < 1.29 is 9.13 Å². The van der Waals surface area contributed by atoms with Crippen LogP contribution in [0.3, 0.4) is 0 Å². The molecule has 1 aliphatic rings. The number of hydrogen-bond acceptors (Lipinski definition) is 4. The summed E-state index contributed by atoms with van der Waals surface area (Å²) in [6, 6.07) is 17.1. The van der Waals surface area contributed by atoms with Crippen LogP contribution in [-0.2, 0) is 11.2 Å². The van der Waals surface area contributed by atoms with Gasteiger partial charge in [0.05, 0.1) is 30.4 Å². The fraction of sp³-hybridized carbons (Fsp3) is 0.273. The normalized spacial score (nSPS) is 17.7. The van der Waals surface area contributed by atoms with Crippen molar-refractivity contribution >= 4 is 0 Å². The number of rotatable bonds is 5. The fourth-order valence-corrected chi connectivity index (χ4v) is 3.35. The van der Waals surface area contributed by atoms with E-state index in [-0.39, 0.29) is 11.9 Å². The van der Waals surface area contributed by atoms with Gasteiger partial charge in [-0.05, 0) is 24.1 Å². The highest BCUT2D eigenvalue weighted by molar-refractivity contribution is 5.58. The third-order valence-corrected chi connectivity index (χ3v) is 4.84. The van der Waals surface area contributed by atoms with Crippen LogP contribution >= 0.6 is 0 Å². The average molecular weight is 363 g/mol. The monoisotopic (exact) mass is 363 g/mol. The number of nitrogens with zero attached hydrogens (tertiary/aromatic N) is 3. The van der Waals surface area contributed by atoms with Crippen LogP contribution in [0.2, 0.25) is 0 Å². The molecule has 1 aromatic heterocycles. The zero-order valence-corrected chi connectivity index (χ0v) is 15.1. The fourth-order valence-electron chi connectivity index (χ4n) is 3.35. The second-order valence-corrected chi connectivity index (χ2v) is 6.70. The molecule has 0 amide bonds. The lowest BCUT2D eigenvalue weighted by Crippen LogP contribution is -2.39. The molecule has 1 unspecified atom stereocenters. The lowest BCUT2D eigenvalue weighted by atomic mass is 10.1. The molecule has 0 N–H and O–H groups in total. The van der Waals surface area contributed by atoms with Gasteiger partial charge < -0.3 is 4.74 Å². The van der Waals surface area contributed by atoms with E-state index in [4.69, 9.17) is 4.74 Å². The van der Waals surface area contributed by atoms with Gasteiger partial charge in [-0.3, -0.25) is 9.88 Å². The summed E-state index contributed by atoms with van der Waals surface area (Å²) in [5.41, 5.74) is 3.08. The largest absolute Gasteiger partial charge is 0.369 e. The Morgan fingerprint density at radius 3 is 2.70 bits per heavy atom. The average Bonchev–Trinajstić information content (AvgIpc) is 2.74. The van der Waals surface area contributed by atoms with E-state index in [1.54, 1.807) is 30.6 Å². The molecule has 0 spiro atoms. The Kier molecular flexibility index (Phi) is 5.51. The number of ether oxygens (including phenoxy) is 1. The molecule has 3 aromatic rings. The van der Waals surface area contributed by atoms with Gasteiger partial charge in [0.2, 0.25) is 0 Å². The van der Waals surface area contributed by atoms with Crippen molar-refractivity contribution in [3.05, 3.63) is 84.1 Å². The Morgan fingerprint density at radius 1 is 1.04 bits per heavy atom. The van der Waals surface area contributed by atoms with Gasteiger partial charge in [-0.2, -0.15) is 0 Å². The highest BCUT2D eigenvalue weighted by atomic mass is 19.1. The van der Waals surface area contributed by atoms with Gasteiger partial charge in [0.1, 0.15) is 11.9 Å². The molecule has 2 heterocycles. The molecule has 1 atom stereocenters. The maximum absolute atomic E-state index is 14.1. The van der Waals surface area contributed by atoms with Gasteiger partial charge in [0.25, 0.3) is 0 Å². The van der Waals surface area contributed by atoms with E-state index in [1.807, 2.05) is 6.07 Å². The van der Waals surface area contributed by atoms with Crippen LogP contribution in [0.5, 0.6) is 0 Å². The minimum atomic E-state index is -0.294. The van der Waals surface area contributed by atoms with Crippen LogP contribution in [-0.4, -0.2) is 41.1 Å². The summed E-state index contributed by atoms with van der Waals surface area (Å²) in [5, 5.41) is 0. The molecule has 2 aromatic carbocycles. The van der Waals surface area contributed by atoms with Crippen molar-refractivity contribution in [1.29, 1.82) is 0 Å². The SMILES string of the molecule is Fc1ccccc1-c1cncc(C2CN(CCc3ccccc3)CCO2)n1. The molecule has 5 heteroatoms. The summed E-state index contributed by atoms with van der Waals surface area (Å²) in [4.78, 5) is 11.3. The predicted octanol–water partition coefficient (Wildman–Crippen LogP) is 3.90. The number of halogens is 1. The minimum Gasteiger partial charge on any atom is -0.369 e. The van der Waals surface area contributed by atoms with Crippen molar-refractivity contribution in [2.45, 2.75) is 12.5 Å². The van der Waals surface area contributed by atoms with E-state index in [0.717, 1.165) is 31.7 Å². The van der Waals surface area contributed by atoms with Crippen molar-refractivity contribution in [3.8, 4) is 11.3 Å². The first-order chi connectivity index (χ1) is 13.3. The van der Waals surface area contributed by atoms with E-state index < -0.39 is 0 Å². The topological polar surface area (TPSA) is 38.2 Å². The quantitative estimate of drug-likeness (QED) is 0.689. The molecule has 4 nitrogen and oxygen atoms in total. The Bertz CT molecular complexity index is 887.